The van der Waals surface area contributed by atoms with Gasteiger partial charge in [-0.2, -0.15) is 17.4 Å². The fourth-order valence-electron chi connectivity index (χ4n) is 2.05. The first-order chi connectivity index (χ1) is 8.04. The van der Waals surface area contributed by atoms with Crippen molar-refractivity contribution in [2.75, 3.05) is 13.1 Å². The van der Waals surface area contributed by atoms with Crippen molar-refractivity contribution in [1.29, 1.82) is 0 Å². The van der Waals surface area contributed by atoms with Crippen molar-refractivity contribution in [3.05, 3.63) is 0 Å². The molecule has 17 heavy (non-hydrogen) atoms. The van der Waals surface area contributed by atoms with Crippen molar-refractivity contribution in [3.63, 3.8) is 0 Å². The normalized spacial score (nSPS) is 25.1. The van der Waals surface area contributed by atoms with Crippen LogP contribution in [0.3, 0.4) is 0 Å². The molecular formula is C9H18N4O3S. The van der Waals surface area contributed by atoms with Gasteiger partial charge in [0.25, 0.3) is 10.2 Å². The largest absolute Gasteiger partial charge is 0.409 e. The summed E-state index contributed by atoms with van der Waals surface area (Å²) in [4.78, 5) is 0. The zero-order valence-corrected chi connectivity index (χ0v) is 10.4. The summed E-state index contributed by atoms with van der Waals surface area (Å²) in [5.41, 5.74) is 5.52. The zero-order valence-electron chi connectivity index (χ0n) is 9.54. The number of nitrogens with one attached hydrogen (secondary N) is 1. The van der Waals surface area contributed by atoms with E-state index in [0.717, 1.165) is 25.7 Å². The van der Waals surface area contributed by atoms with Gasteiger partial charge in [0.1, 0.15) is 0 Å². The summed E-state index contributed by atoms with van der Waals surface area (Å²) in [7, 11) is -3.51. The number of oxime groups is 1. The highest BCUT2D eigenvalue weighted by molar-refractivity contribution is 7.87. The van der Waals surface area contributed by atoms with E-state index in [-0.39, 0.29) is 11.8 Å². The molecule has 0 aromatic heterocycles. The molecule has 1 heterocycles. The second-order valence-corrected chi connectivity index (χ2v) is 6.27. The highest BCUT2D eigenvalue weighted by atomic mass is 32.2. The minimum Gasteiger partial charge on any atom is -0.409 e. The van der Waals surface area contributed by atoms with Gasteiger partial charge in [0, 0.05) is 13.1 Å². The summed E-state index contributed by atoms with van der Waals surface area (Å²) in [5.74, 6) is 0.0959. The van der Waals surface area contributed by atoms with Crippen molar-refractivity contribution in [3.8, 4) is 0 Å². The lowest BCUT2D eigenvalue weighted by atomic mass is 10.2. The van der Waals surface area contributed by atoms with Gasteiger partial charge in [0.2, 0.25) is 0 Å². The molecule has 2 aliphatic rings. The van der Waals surface area contributed by atoms with E-state index < -0.39 is 16.3 Å². The third-order valence-corrected chi connectivity index (χ3v) is 4.81. The van der Waals surface area contributed by atoms with E-state index in [4.69, 9.17) is 10.9 Å². The second-order valence-electron chi connectivity index (χ2n) is 4.57. The summed E-state index contributed by atoms with van der Waals surface area (Å²) in [6, 6.07) is -0.578. The molecule has 0 radical (unpaired) electrons. The first kappa shape index (κ1) is 12.6. The van der Waals surface area contributed by atoms with Crippen LogP contribution in [0.25, 0.3) is 0 Å². The van der Waals surface area contributed by atoms with Crippen LogP contribution in [-0.4, -0.2) is 42.9 Å². The Morgan fingerprint density at radius 1 is 1.41 bits per heavy atom. The van der Waals surface area contributed by atoms with E-state index in [1.54, 1.807) is 0 Å². The van der Waals surface area contributed by atoms with Gasteiger partial charge in [0.05, 0.1) is 6.04 Å². The third-order valence-electron chi connectivity index (χ3n) is 3.21. The smallest absolute Gasteiger partial charge is 0.280 e. The van der Waals surface area contributed by atoms with Gasteiger partial charge >= 0.3 is 0 Å². The molecule has 1 unspecified atom stereocenters. The van der Waals surface area contributed by atoms with E-state index in [1.807, 2.05) is 0 Å². The van der Waals surface area contributed by atoms with Crippen molar-refractivity contribution in [2.45, 2.75) is 31.7 Å². The van der Waals surface area contributed by atoms with Crippen LogP contribution < -0.4 is 10.5 Å². The van der Waals surface area contributed by atoms with E-state index in [1.165, 1.54) is 4.31 Å². The summed E-state index contributed by atoms with van der Waals surface area (Å²) in [5, 5.41) is 11.6. The maximum Gasteiger partial charge on any atom is 0.280 e. The average Bonchev–Trinajstić information content (AvgIpc) is 2.98. The maximum absolute atomic E-state index is 12.0. The van der Waals surface area contributed by atoms with Crippen LogP contribution in [0, 0.1) is 5.92 Å². The first-order valence-electron chi connectivity index (χ1n) is 5.79. The van der Waals surface area contributed by atoms with Gasteiger partial charge < -0.3 is 10.9 Å². The topological polar surface area (TPSA) is 108 Å². The number of amidine groups is 1. The van der Waals surface area contributed by atoms with Crippen molar-refractivity contribution >= 4 is 16.0 Å². The number of hydrogen-bond acceptors (Lipinski definition) is 4. The molecule has 0 amide bonds. The van der Waals surface area contributed by atoms with E-state index in [9.17, 15) is 8.42 Å². The lowest BCUT2D eigenvalue weighted by molar-refractivity contribution is 0.314. The van der Waals surface area contributed by atoms with Crippen LogP contribution in [0.2, 0.25) is 0 Å². The van der Waals surface area contributed by atoms with Crippen LogP contribution >= 0.6 is 0 Å². The van der Waals surface area contributed by atoms with E-state index >= 15 is 0 Å². The number of hydrogen-bond donors (Lipinski definition) is 3. The van der Waals surface area contributed by atoms with Crippen molar-refractivity contribution in [2.24, 2.45) is 16.8 Å². The molecule has 0 spiro atoms. The molecule has 98 valence electrons. The lowest BCUT2D eigenvalue weighted by Gasteiger charge is -2.21. The molecule has 7 nitrogen and oxygen atoms in total. The molecule has 1 saturated heterocycles. The molecule has 1 aliphatic heterocycles. The highest BCUT2D eigenvalue weighted by Crippen LogP contribution is 2.33. The third kappa shape index (κ3) is 2.88. The predicted molar refractivity (Wildman–Crippen MR) is 62.8 cm³/mol. The first-order valence-corrected chi connectivity index (χ1v) is 7.23. The Kier molecular flexibility index (Phi) is 3.55. The van der Waals surface area contributed by atoms with Crippen molar-refractivity contribution in [1.82, 2.24) is 9.03 Å². The Morgan fingerprint density at radius 3 is 2.47 bits per heavy atom. The SMILES string of the molecule is NC(=NO)C(NS(=O)(=O)N1CCCC1)C1CC1. The Balaban J connectivity index is 2.06. The van der Waals surface area contributed by atoms with E-state index in [0.29, 0.717) is 13.1 Å². The number of nitrogens with two attached hydrogens (primary N) is 1. The fourth-order valence-corrected chi connectivity index (χ4v) is 3.58. The molecule has 2 rings (SSSR count). The molecule has 0 aromatic rings. The highest BCUT2D eigenvalue weighted by Gasteiger charge is 2.38. The predicted octanol–water partition coefficient (Wildman–Crippen LogP) is -0.558. The van der Waals surface area contributed by atoms with Crippen LogP contribution in [0.4, 0.5) is 0 Å². The molecule has 0 bridgehead atoms. The molecular weight excluding hydrogens is 244 g/mol. The summed E-state index contributed by atoms with van der Waals surface area (Å²) in [6.45, 7) is 1.09. The second kappa shape index (κ2) is 4.79. The quantitative estimate of drug-likeness (QED) is 0.267. The van der Waals surface area contributed by atoms with Crippen LogP contribution in [-0.2, 0) is 10.2 Å². The minimum atomic E-state index is -3.51. The molecule has 0 aromatic carbocycles. The minimum absolute atomic E-state index is 0.0599. The van der Waals surface area contributed by atoms with Gasteiger partial charge in [0.15, 0.2) is 5.84 Å². The number of rotatable bonds is 5. The molecule has 1 aliphatic carbocycles. The summed E-state index contributed by atoms with van der Waals surface area (Å²) < 4.78 is 28.0. The Morgan fingerprint density at radius 2 is 2.00 bits per heavy atom. The van der Waals surface area contributed by atoms with Gasteiger partial charge in [-0.3, -0.25) is 0 Å². The van der Waals surface area contributed by atoms with Gasteiger partial charge in [-0.15, -0.1) is 0 Å². The molecule has 2 fully saturated rings. The standard InChI is InChI=1S/C9H18N4O3S/c10-9(11-14)8(7-3-4-7)12-17(15,16)13-5-1-2-6-13/h7-8,12,14H,1-6H2,(H2,10,11). The summed E-state index contributed by atoms with van der Waals surface area (Å²) in [6.07, 6.45) is 3.59. The Hall–Kier alpha value is -0.860. The monoisotopic (exact) mass is 262 g/mol. The summed E-state index contributed by atoms with van der Waals surface area (Å²) >= 11 is 0. The van der Waals surface area contributed by atoms with Crippen LogP contribution in [0.15, 0.2) is 5.16 Å². The van der Waals surface area contributed by atoms with Gasteiger partial charge in [-0.1, -0.05) is 5.16 Å². The van der Waals surface area contributed by atoms with Gasteiger partial charge in [-0.05, 0) is 31.6 Å². The molecule has 8 heteroatoms. The lowest BCUT2D eigenvalue weighted by Crippen LogP contribution is -2.50. The Bertz CT molecular complexity index is 398. The maximum atomic E-state index is 12.0. The zero-order chi connectivity index (χ0) is 12.5. The number of nitrogens with zero attached hydrogens (tertiary/aromatic N) is 2. The van der Waals surface area contributed by atoms with Crippen LogP contribution in [0.5, 0.6) is 0 Å². The van der Waals surface area contributed by atoms with Crippen molar-refractivity contribution < 1.29 is 13.6 Å². The molecule has 4 N–H and O–H groups in total. The Labute approximate surface area is 101 Å². The van der Waals surface area contributed by atoms with E-state index in [2.05, 4.69) is 9.88 Å². The average molecular weight is 262 g/mol. The molecule has 1 saturated carbocycles. The van der Waals surface area contributed by atoms with Crippen LogP contribution in [0.1, 0.15) is 25.7 Å². The van der Waals surface area contributed by atoms with Gasteiger partial charge in [-0.25, -0.2) is 0 Å². The molecule has 1 atom stereocenters. The fraction of sp³-hybridized carbons (Fsp3) is 0.889.